The van der Waals surface area contributed by atoms with Crippen LogP contribution in [-0.4, -0.2) is 20.9 Å². The quantitative estimate of drug-likeness (QED) is 0.658. The highest BCUT2D eigenvalue weighted by Crippen LogP contribution is 2.19. The highest BCUT2D eigenvalue weighted by molar-refractivity contribution is 7.16. The number of carbonyl (C=O) groups excluding carboxylic acids is 1. The van der Waals surface area contributed by atoms with E-state index >= 15 is 0 Å². The van der Waals surface area contributed by atoms with Gasteiger partial charge in [0.25, 0.3) is 0 Å². The van der Waals surface area contributed by atoms with Crippen molar-refractivity contribution in [2.45, 2.75) is 6.92 Å². The van der Waals surface area contributed by atoms with Crippen molar-refractivity contribution in [3.8, 4) is 0 Å². The molecule has 0 fully saturated rings. The Bertz CT molecular complexity index is 447. The summed E-state index contributed by atoms with van der Waals surface area (Å²) in [6, 6.07) is 0. The molecule has 0 N–H and O–H groups in total. The zero-order valence-corrected chi connectivity index (χ0v) is 7.69. The molecule has 0 unspecified atom stereocenters. The van der Waals surface area contributed by atoms with E-state index in [1.165, 1.54) is 15.9 Å². The van der Waals surface area contributed by atoms with Crippen LogP contribution in [0.2, 0.25) is 5.15 Å². The van der Waals surface area contributed by atoms with Gasteiger partial charge in [-0.2, -0.15) is 9.61 Å². The summed E-state index contributed by atoms with van der Waals surface area (Å²) in [6.07, 6.45) is 0.654. The molecule has 2 aromatic rings. The van der Waals surface area contributed by atoms with Gasteiger partial charge in [0, 0.05) is 0 Å². The van der Waals surface area contributed by atoms with Crippen LogP contribution >= 0.6 is 22.9 Å². The SMILES string of the molecule is Cc1nn2c(C=O)c(Cl)nc2s1. The van der Waals surface area contributed by atoms with E-state index < -0.39 is 0 Å². The lowest BCUT2D eigenvalue weighted by Gasteiger charge is -1.83. The van der Waals surface area contributed by atoms with Crippen LogP contribution in [0.3, 0.4) is 0 Å². The lowest BCUT2D eigenvalue weighted by atomic mass is 10.5. The Morgan fingerprint density at radius 1 is 1.67 bits per heavy atom. The van der Waals surface area contributed by atoms with Crippen LogP contribution in [0.1, 0.15) is 15.5 Å². The van der Waals surface area contributed by atoms with E-state index in [-0.39, 0.29) is 5.15 Å². The van der Waals surface area contributed by atoms with Gasteiger partial charge in [-0.3, -0.25) is 4.79 Å². The van der Waals surface area contributed by atoms with E-state index in [4.69, 9.17) is 11.6 Å². The van der Waals surface area contributed by atoms with Crippen molar-refractivity contribution in [3.63, 3.8) is 0 Å². The molecule has 0 atom stereocenters. The molecule has 0 amide bonds. The summed E-state index contributed by atoms with van der Waals surface area (Å²) in [5.74, 6) is 0. The van der Waals surface area contributed by atoms with Gasteiger partial charge in [0.15, 0.2) is 11.4 Å². The average molecular weight is 202 g/mol. The van der Waals surface area contributed by atoms with Gasteiger partial charge in [-0.15, -0.1) is 0 Å². The molecule has 4 nitrogen and oxygen atoms in total. The van der Waals surface area contributed by atoms with E-state index in [2.05, 4.69) is 10.1 Å². The number of aromatic nitrogens is 3. The maximum atomic E-state index is 10.5. The Morgan fingerprint density at radius 3 is 3.08 bits per heavy atom. The lowest BCUT2D eigenvalue weighted by molar-refractivity contribution is 0.111. The summed E-state index contributed by atoms with van der Waals surface area (Å²) in [7, 11) is 0. The van der Waals surface area contributed by atoms with Gasteiger partial charge in [-0.25, -0.2) is 4.98 Å². The Morgan fingerprint density at radius 2 is 2.42 bits per heavy atom. The minimum Gasteiger partial charge on any atom is -0.296 e. The second kappa shape index (κ2) is 2.53. The van der Waals surface area contributed by atoms with Crippen molar-refractivity contribution in [1.82, 2.24) is 14.6 Å². The van der Waals surface area contributed by atoms with Crippen LogP contribution < -0.4 is 0 Å². The number of hydrogen-bond acceptors (Lipinski definition) is 4. The standard InChI is InChI=1S/C6H4ClN3OS/c1-3-9-10-4(2-11)5(7)8-6(10)12-3/h2H,1H3. The lowest BCUT2D eigenvalue weighted by Crippen LogP contribution is -1.91. The topological polar surface area (TPSA) is 47.3 Å². The molecule has 2 aromatic heterocycles. The average Bonchev–Trinajstić information content (AvgIpc) is 2.43. The van der Waals surface area contributed by atoms with Gasteiger partial charge < -0.3 is 0 Å². The Labute approximate surface area is 76.8 Å². The fourth-order valence-electron chi connectivity index (χ4n) is 0.934. The smallest absolute Gasteiger partial charge is 0.214 e. The van der Waals surface area contributed by atoms with Crippen molar-refractivity contribution in [3.05, 3.63) is 15.9 Å². The number of aldehydes is 1. The molecule has 2 heterocycles. The van der Waals surface area contributed by atoms with Crippen molar-refractivity contribution in [1.29, 1.82) is 0 Å². The van der Waals surface area contributed by atoms with E-state index in [1.54, 1.807) is 0 Å². The summed E-state index contributed by atoms with van der Waals surface area (Å²) < 4.78 is 1.45. The van der Waals surface area contributed by atoms with Gasteiger partial charge in [0.2, 0.25) is 4.96 Å². The molecule has 2 rings (SSSR count). The molecule has 0 aliphatic carbocycles. The van der Waals surface area contributed by atoms with E-state index in [0.29, 0.717) is 16.9 Å². The maximum absolute atomic E-state index is 10.5. The van der Waals surface area contributed by atoms with Gasteiger partial charge >= 0.3 is 0 Å². The summed E-state index contributed by atoms with van der Waals surface area (Å²) in [5, 5.41) is 5.13. The zero-order chi connectivity index (χ0) is 8.72. The number of fused-ring (bicyclic) bond motifs is 1. The summed E-state index contributed by atoms with van der Waals surface area (Å²) in [6.45, 7) is 1.85. The number of rotatable bonds is 1. The Balaban J connectivity index is 2.86. The summed E-state index contributed by atoms with van der Waals surface area (Å²) in [4.78, 5) is 15.1. The first-order chi connectivity index (χ1) is 5.72. The Kier molecular flexibility index (Phi) is 1.62. The van der Waals surface area contributed by atoms with Crippen LogP contribution in [0.4, 0.5) is 0 Å². The number of halogens is 1. The molecule has 12 heavy (non-hydrogen) atoms. The van der Waals surface area contributed by atoms with Crippen LogP contribution in [0, 0.1) is 6.92 Å². The van der Waals surface area contributed by atoms with Crippen LogP contribution in [0.15, 0.2) is 0 Å². The first kappa shape index (κ1) is 7.70. The zero-order valence-electron chi connectivity index (χ0n) is 6.11. The molecular formula is C6H4ClN3OS. The van der Waals surface area contributed by atoms with Crippen molar-refractivity contribution >= 4 is 34.2 Å². The van der Waals surface area contributed by atoms with Crippen molar-refractivity contribution < 1.29 is 4.79 Å². The van der Waals surface area contributed by atoms with Gasteiger partial charge in [0.05, 0.1) is 0 Å². The fraction of sp³-hybridized carbons (Fsp3) is 0.167. The van der Waals surface area contributed by atoms with Crippen LogP contribution in [-0.2, 0) is 0 Å². The number of imidazole rings is 1. The molecule has 0 aliphatic heterocycles. The molecule has 62 valence electrons. The van der Waals surface area contributed by atoms with E-state index in [0.717, 1.165) is 5.01 Å². The van der Waals surface area contributed by atoms with Crippen LogP contribution in [0.5, 0.6) is 0 Å². The monoisotopic (exact) mass is 201 g/mol. The molecule has 0 aromatic carbocycles. The first-order valence-electron chi connectivity index (χ1n) is 3.19. The predicted molar refractivity (Wildman–Crippen MR) is 46.0 cm³/mol. The first-order valence-corrected chi connectivity index (χ1v) is 4.38. The van der Waals surface area contributed by atoms with E-state index in [1.807, 2.05) is 6.92 Å². The molecule has 0 saturated heterocycles. The minimum atomic E-state index is 0.212. The number of aryl methyl sites for hydroxylation is 1. The molecule has 6 heteroatoms. The fourth-order valence-corrected chi connectivity index (χ4v) is 1.94. The number of hydrogen-bond donors (Lipinski definition) is 0. The Hall–Kier alpha value is -0.940. The molecular weight excluding hydrogens is 198 g/mol. The highest BCUT2D eigenvalue weighted by atomic mass is 35.5. The second-order valence-corrected chi connectivity index (χ2v) is 3.74. The largest absolute Gasteiger partial charge is 0.296 e. The van der Waals surface area contributed by atoms with Crippen molar-refractivity contribution in [2.24, 2.45) is 0 Å². The maximum Gasteiger partial charge on any atom is 0.214 e. The number of carbonyl (C=O) groups is 1. The third kappa shape index (κ3) is 0.937. The molecule has 0 spiro atoms. The molecule has 0 radical (unpaired) electrons. The highest BCUT2D eigenvalue weighted by Gasteiger charge is 2.12. The van der Waals surface area contributed by atoms with Crippen molar-refractivity contribution in [2.75, 3.05) is 0 Å². The molecule has 0 saturated carbocycles. The van der Waals surface area contributed by atoms with Crippen LogP contribution in [0.25, 0.3) is 4.96 Å². The summed E-state index contributed by atoms with van der Waals surface area (Å²) in [5.41, 5.74) is 0.316. The molecule has 0 bridgehead atoms. The number of nitrogens with zero attached hydrogens (tertiary/aromatic N) is 3. The predicted octanol–water partition coefficient (Wildman–Crippen LogP) is 1.57. The second-order valence-electron chi connectivity index (χ2n) is 2.22. The third-order valence-corrected chi connectivity index (χ3v) is 2.51. The molecule has 0 aliphatic rings. The van der Waals surface area contributed by atoms with Gasteiger partial charge in [-0.05, 0) is 6.92 Å². The normalized spacial score (nSPS) is 10.8. The van der Waals surface area contributed by atoms with E-state index in [9.17, 15) is 4.79 Å². The summed E-state index contributed by atoms with van der Waals surface area (Å²) >= 11 is 7.06. The van der Waals surface area contributed by atoms with Gasteiger partial charge in [0.1, 0.15) is 10.7 Å². The van der Waals surface area contributed by atoms with Gasteiger partial charge in [-0.1, -0.05) is 22.9 Å². The third-order valence-electron chi connectivity index (χ3n) is 1.41. The minimum absolute atomic E-state index is 0.212.